The van der Waals surface area contributed by atoms with Gasteiger partial charge in [-0.1, -0.05) is 13.8 Å². The zero-order valence-electron chi connectivity index (χ0n) is 12.5. The van der Waals surface area contributed by atoms with E-state index in [1.165, 1.54) is 30.9 Å². The van der Waals surface area contributed by atoms with Crippen LogP contribution in [-0.4, -0.2) is 33.4 Å². The van der Waals surface area contributed by atoms with Gasteiger partial charge in [-0.15, -0.1) is 0 Å². The van der Waals surface area contributed by atoms with E-state index in [0.717, 1.165) is 6.54 Å². The summed E-state index contributed by atoms with van der Waals surface area (Å²) in [5, 5.41) is 3.27. The fraction of sp³-hybridized carbons (Fsp3) is 0.571. The van der Waals surface area contributed by atoms with Gasteiger partial charge in [0.1, 0.15) is 0 Å². The highest BCUT2D eigenvalue weighted by Gasteiger charge is 2.45. The molecule has 6 heteroatoms. The van der Waals surface area contributed by atoms with Gasteiger partial charge in [-0.25, -0.2) is 12.7 Å². The first-order valence-electron chi connectivity index (χ1n) is 6.70. The smallest absolute Gasteiger partial charge is 0.242 e. The molecule has 0 aliphatic heterocycles. The van der Waals surface area contributed by atoms with Crippen molar-refractivity contribution in [3.05, 3.63) is 18.2 Å². The molecule has 2 rings (SSSR count). The lowest BCUT2D eigenvalue weighted by molar-refractivity contribution is 0.521. The van der Waals surface area contributed by atoms with E-state index in [9.17, 15) is 8.42 Å². The fourth-order valence-corrected chi connectivity index (χ4v) is 3.15. The molecule has 1 aliphatic rings. The maximum atomic E-state index is 12.1. The normalized spacial score (nSPS) is 20.9. The van der Waals surface area contributed by atoms with Crippen molar-refractivity contribution in [3.63, 3.8) is 0 Å². The Morgan fingerprint density at radius 3 is 2.50 bits per heavy atom. The molecule has 0 bridgehead atoms. The van der Waals surface area contributed by atoms with Crippen LogP contribution in [0, 0.1) is 11.3 Å². The van der Waals surface area contributed by atoms with Gasteiger partial charge < -0.3 is 11.1 Å². The molecule has 0 radical (unpaired) electrons. The van der Waals surface area contributed by atoms with Crippen LogP contribution in [0.3, 0.4) is 0 Å². The molecule has 0 heterocycles. The highest BCUT2D eigenvalue weighted by molar-refractivity contribution is 7.89. The Bertz CT molecular complexity index is 609. The van der Waals surface area contributed by atoms with Crippen molar-refractivity contribution in [1.82, 2.24) is 4.31 Å². The number of benzene rings is 1. The summed E-state index contributed by atoms with van der Waals surface area (Å²) in [6.45, 7) is 5.29. The van der Waals surface area contributed by atoms with E-state index in [0.29, 0.717) is 22.7 Å². The average molecular weight is 297 g/mol. The third kappa shape index (κ3) is 2.91. The predicted octanol–water partition coefficient (Wildman–Crippen LogP) is 1.98. The Morgan fingerprint density at radius 2 is 2.00 bits per heavy atom. The van der Waals surface area contributed by atoms with Gasteiger partial charge in [0.25, 0.3) is 0 Å². The standard InChI is InChI=1S/C14H23N3O2S/c1-14(2)8-10(14)9-16-13-7-11(5-6-12(13)15)20(18,19)17(3)4/h5-7,10,16H,8-9,15H2,1-4H3. The van der Waals surface area contributed by atoms with Crippen molar-refractivity contribution < 1.29 is 8.42 Å². The highest BCUT2D eigenvalue weighted by Crippen LogP contribution is 2.51. The lowest BCUT2D eigenvalue weighted by Crippen LogP contribution is -2.22. The molecule has 1 aromatic rings. The number of hydrogen-bond donors (Lipinski definition) is 2. The number of hydrogen-bond acceptors (Lipinski definition) is 4. The van der Waals surface area contributed by atoms with Gasteiger partial charge in [-0.05, 0) is 36.0 Å². The molecule has 0 aromatic heterocycles. The Labute approximate surface area is 121 Å². The summed E-state index contributed by atoms with van der Waals surface area (Å²) in [6, 6.07) is 4.79. The summed E-state index contributed by atoms with van der Waals surface area (Å²) < 4.78 is 25.4. The van der Waals surface area contributed by atoms with Gasteiger partial charge in [-0.3, -0.25) is 0 Å². The van der Waals surface area contributed by atoms with Crippen LogP contribution < -0.4 is 11.1 Å². The molecular formula is C14H23N3O2S. The number of nitrogens with one attached hydrogen (secondary N) is 1. The summed E-state index contributed by atoms with van der Waals surface area (Å²) >= 11 is 0. The van der Waals surface area contributed by atoms with Crippen molar-refractivity contribution in [2.24, 2.45) is 11.3 Å². The van der Waals surface area contributed by atoms with Gasteiger partial charge in [0, 0.05) is 20.6 Å². The lowest BCUT2D eigenvalue weighted by atomic mass is 10.1. The maximum absolute atomic E-state index is 12.1. The molecule has 0 spiro atoms. The van der Waals surface area contributed by atoms with Crippen molar-refractivity contribution in [3.8, 4) is 0 Å². The molecule has 1 saturated carbocycles. The second kappa shape index (κ2) is 4.93. The summed E-state index contributed by atoms with van der Waals surface area (Å²) in [5.74, 6) is 0.621. The van der Waals surface area contributed by atoms with E-state index < -0.39 is 10.0 Å². The highest BCUT2D eigenvalue weighted by atomic mass is 32.2. The Morgan fingerprint density at radius 1 is 1.40 bits per heavy atom. The molecule has 20 heavy (non-hydrogen) atoms. The third-order valence-electron chi connectivity index (χ3n) is 4.06. The van der Waals surface area contributed by atoms with E-state index >= 15 is 0 Å². The van der Waals surface area contributed by atoms with Crippen LogP contribution in [0.2, 0.25) is 0 Å². The minimum Gasteiger partial charge on any atom is -0.397 e. The first-order valence-corrected chi connectivity index (χ1v) is 8.14. The molecule has 0 saturated heterocycles. The number of nitrogen functional groups attached to an aromatic ring is 1. The molecule has 1 aliphatic carbocycles. The van der Waals surface area contributed by atoms with Gasteiger partial charge in [0.05, 0.1) is 16.3 Å². The molecule has 0 amide bonds. The summed E-state index contributed by atoms with van der Waals surface area (Å²) in [4.78, 5) is 0.259. The van der Waals surface area contributed by atoms with Crippen LogP contribution in [0.25, 0.3) is 0 Å². The first kappa shape index (κ1) is 15.1. The van der Waals surface area contributed by atoms with Crippen molar-refractivity contribution in [2.75, 3.05) is 31.7 Å². The third-order valence-corrected chi connectivity index (χ3v) is 5.87. The van der Waals surface area contributed by atoms with Gasteiger partial charge in [-0.2, -0.15) is 0 Å². The minimum absolute atomic E-state index is 0.259. The SMILES string of the molecule is CN(C)S(=O)(=O)c1ccc(N)c(NCC2CC2(C)C)c1. The lowest BCUT2D eigenvalue weighted by Gasteiger charge is -2.15. The predicted molar refractivity (Wildman–Crippen MR) is 82.1 cm³/mol. The molecular weight excluding hydrogens is 274 g/mol. The second-order valence-corrected chi connectivity index (χ2v) is 8.46. The van der Waals surface area contributed by atoms with Crippen molar-refractivity contribution >= 4 is 21.4 Å². The zero-order chi connectivity index (χ0) is 15.1. The largest absolute Gasteiger partial charge is 0.397 e. The van der Waals surface area contributed by atoms with E-state index in [4.69, 9.17) is 5.73 Å². The number of anilines is 2. The molecule has 112 valence electrons. The Hall–Kier alpha value is -1.27. The number of sulfonamides is 1. The number of nitrogens with zero attached hydrogens (tertiary/aromatic N) is 1. The van der Waals surface area contributed by atoms with Gasteiger partial charge in [0.2, 0.25) is 10.0 Å². The Balaban J connectivity index is 2.17. The van der Waals surface area contributed by atoms with Crippen LogP contribution in [0.4, 0.5) is 11.4 Å². The van der Waals surface area contributed by atoms with Crippen LogP contribution >= 0.6 is 0 Å². The minimum atomic E-state index is -3.42. The quantitative estimate of drug-likeness (QED) is 0.815. The molecule has 1 aromatic carbocycles. The van der Waals surface area contributed by atoms with E-state index in [2.05, 4.69) is 19.2 Å². The average Bonchev–Trinajstić information content (AvgIpc) is 2.95. The second-order valence-electron chi connectivity index (χ2n) is 6.31. The number of rotatable bonds is 5. The fourth-order valence-electron chi connectivity index (χ4n) is 2.22. The Kier molecular flexibility index (Phi) is 3.73. The molecule has 5 nitrogen and oxygen atoms in total. The van der Waals surface area contributed by atoms with E-state index in [-0.39, 0.29) is 4.90 Å². The summed E-state index contributed by atoms with van der Waals surface area (Å²) in [5.41, 5.74) is 7.56. The van der Waals surface area contributed by atoms with Crippen LogP contribution in [0.1, 0.15) is 20.3 Å². The molecule has 3 N–H and O–H groups in total. The summed E-state index contributed by atoms with van der Waals surface area (Å²) in [6.07, 6.45) is 1.19. The van der Waals surface area contributed by atoms with Crippen molar-refractivity contribution in [1.29, 1.82) is 0 Å². The first-order chi connectivity index (χ1) is 9.14. The zero-order valence-corrected chi connectivity index (χ0v) is 13.3. The maximum Gasteiger partial charge on any atom is 0.242 e. The summed E-state index contributed by atoms with van der Waals surface area (Å²) in [7, 11) is -0.385. The van der Waals surface area contributed by atoms with Crippen molar-refractivity contribution in [2.45, 2.75) is 25.2 Å². The van der Waals surface area contributed by atoms with Crippen LogP contribution in [0.15, 0.2) is 23.1 Å². The van der Waals surface area contributed by atoms with Crippen LogP contribution in [-0.2, 0) is 10.0 Å². The molecule has 1 atom stereocenters. The number of nitrogens with two attached hydrogens (primary N) is 1. The topological polar surface area (TPSA) is 75.4 Å². The molecule has 1 unspecified atom stereocenters. The van der Waals surface area contributed by atoms with E-state index in [1.807, 2.05) is 0 Å². The monoisotopic (exact) mass is 297 g/mol. The van der Waals surface area contributed by atoms with Gasteiger partial charge >= 0.3 is 0 Å². The molecule has 1 fully saturated rings. The van der Waals surface area contributed by atoms with Gasteiger partial charge in [0.15, 0.2) is 0 Å². The van der Waals surface area contributed by atoms with Crippen LogP contribution in [0.5, 0.6) is 0 Å². The van der Waals surface area contributed by atoms with E-state index in [1.54, 1.807) is 12.1 Å².